The summed E-state index contributed by atoms with van der Waals surface area (Å²) in [5.41, 5.74) is 23.0. The van der Waals surface area contributed by atoms with Crippen molar-refractivity contribution in [2.45, 2.75) is 153 Å². The average Bonchev–Trinajstić information content (AvgIpc) is 1.90. The third kappa shape index (κ3) is 6.12. The molecular weight excluding hydrogens is 1020 g/mol. The molecule has 402 valence electrons. The maximum absolute atomic E-state index is 2.87. The Kier molecular flexibility index (Phi) is 9.68. The minimum Gasteiger partial charge on any atom is -0.334 e. The molecule has 0 radical (unpaired) electrons. The van der Waals surface area contributed by atoms with Crippen LogP contribution in [0.25, 0.3) is 57.1 Å². The van der Waals surface area contributed by atoms with Gasteiger partial charge < -0.3 is 19.3 Å². The highest BCUT2D eigenvalue weighted by Gasteiger charge is 2.60. The van der Waals surface area contributed by atoms with Gasteiger partial charge in [0.05, 0.1) is 37.2 Å². The lowest BCUT2D eigenvalue weighted by molar-refractivity contribution is 0.195. The topological polar surface area (TPSA) is 14.7 Å². The Hall–Kier alpha value is -6.80. The first-order valence-corrected chi connectivity index (χ1v) is 31.9. The van der Waals surface area contributed by atoms with E-state index in [0.717, 1.165) is 12.8 Å². The maximum Gasteiger partial charge on any atom is 0.252 e. The molecule has 4 aliphatic heterocycles. The van der Waals surface area contributed by atoms with Gasteiger partial charge in [0, 0.05) is 81.6 Å². The molecule has 7 heterocycles. The number of aromatic nitrogens is 1. The van der Waals surface area contributed by atoms with E-state index in [1.807, 2.05) is 22.7 Å². The van der Waals surface area contributed by atoms with Crippen molar-refractivity contribution in [3.63, 3.8) is 0 Å². The van der Waals surface area contributed by atoms with Crippen LogP contribution >= 0.6 is 22.7 Å². The lowest BCUT2D eigenvalue weighted by atomic mass is 9.33. The SMILES string of the molecule is CC(C)(C)c1ccc2c(c1)C1(C)CCCCC1(C)N2c1ccc2c(c1)N(c1cccc3c1sc1ccccc13)c1cc(N3c4ccc(C(C)(C)C)cc4C4(C)CCCCC34C)cc3c1B2c1cccc2c4sc5ccccc5c4n-3c12. The van der Waals surface area contributed by atoms with Crippen LogP contribution in [0.1, 0.15) is 143 Å². The predicted octanol–water partition coefficient (Wildman–Crippen LogP) is 19.1. The maximum atomic E-state index is 2.87. The fourth-order valence-electron chi connectivity index (χ4n) is 17.5. The van der Waals surface area contributed by atoms with E-state index in [1.54, 1.807) is 0 Å². The highest BCUT2D eigenvalue weighted by molar-refractivity contribution is 7.27. The monoisotopic (exact) mass is 1090 g/mol. The molecule has 81 heavy (non-hydrogen) atoms. The number of hydrogen-bond donors (Lipinski definition) is 0. The zero-order valence-electron chi connectivity index (χ0n) is 48.8. The number of para-hydroxylation sites is 1. The summed E-state index contributed by atoms with van der Waals surface area (Å²) in [6, 6.07) is 60.9. The second-order valence-corrected chi connectivity index (χ2v) is 30.4. The first-order chi connectivity index (χ1) is 38.9. The van der Waals surface area contributed by atoms with Crippen molar-refractivity contribution in [3.8, 4) is 5.69 Å². The molecule has 0 bridgehead atoms. The van der Waals surface area contributed by atoms with Crippen LogP contribution in [0.4, 0.5) is 39.8 Å². The van der Waals surface area contributed by atoms with E-state index in [2.05, 4.69) is 240 Å². The van der Waals surface area contributed by atoms with Crippen LogP contribution in [-0.2, 0) is 21.7 Å². The van der Waals surface area contributed by atoms with Gasteiger partial charge in [0.25, 0.3) is 6.71 Å². The fourth-order valence-corrected chi connectivity index (χ4v) is 19.9. The van der Waals surface area contributed by atoms with Crippen LogP contribution in [0.5, 0.6) is 0 Å². The van der Waals surface area contributed by atoms with Crippen LogP contribution in [-0.4, -0.2) is 22.4 Å². The van der Waals surface area contributed by atoms with Gasteiger partial charge in [-0.1, -0.05) is 178 Å². The van der Waals surface area contributed by atoms with Gasteiger partial charge >= 0.3 is 0 Å². The van der Waals surface area contributed by atoms with Gasteiger partial charge in [0.2, 0.25) is 0 Å². The lowest BCUT2D eigenvalue weighted by Crippen LogP contribution is -2.61. The second kappa shape index (κ2) is 16.1. The quantitative estimate of drug-likeness (QED) is 0.164. The molecule has 4 nitrogen and oxygen atoms in total. The Bertz CT molecular complexity index is 4580. The van der Waals surface area contributed by atoms with E-state index < -0.39 is 0 Å². The van der Waals surface area contributed by atoms with E-state index in [0.29, 0.717) is 0 Å². The summed E-state index contributed by atoms with van der Waals surface area (Å²) in [6.07, 6.45) is 9.63. The fraction of sp³-hybridized carbons (Fsp3) is 0.324. The highest BCUT2D eigenvalue weighted by Crippen LogP contribution is 2.64. The third-order valence-electron chi connectivity index (χ3n) is 22.2. The third-order valence-corrected chi connectivity index (χ3v) is 24.6. The predicted molar refractivity (Wildman–Crippen MR) is 351 cm³/mol. The molecule has 17 rings (SSSR count). The summed E-state index contributed by atoms with van der Waals surface area (Å²) in [7, 11) is 0. The molecule has 0 amide bonds. The molecule has 8 aromatic carbocycles. The van der Waals surface area contributed by atoms with Crippen LogP contribution in [0, 0.1) is 0 Å². The highest BCUT2D eigenvalue weighted by atomic mass is 32.1. The van der Waals surface area contributed by atoms with E-state index in [4.69, 9.17) is 0 Å². The second-order valence-electron chi connectivity index (χ2n) is 28.3. The van der Waals surface area contributed by atoms with Gasteiger partial charge in [0.15, 0.2) is 0 Å². The molecule has 11 aromatic rings. The summed E-state index contributed by atoms with van der Waals surface area (Å²) in [5.74, 6) is 0. The molecule has 4 unspecified atom stereocenters. The van der Waals surface area contributed by atoms with E-state index in [1.165, 1.54) is 174 Å². The summed E-state index contributed by atoms with van der Waals surface area (Å²) in [6.45, 7) is 24.7. The largest absolute Gasteiger partial charge is 0.334 e. The van der Waals surface area contributed by atoms with Crippen molar-refractivity contribution in [2.24, 2.45) is 0 Å². The molecule has 0 spiro atoms. The molecule has 7 heteroatoms. The van der Waals surface area contributed by atoms with Gasteiger partial charge in [0.1, 0.15) is 0 Å². The number of thiophene rings is 2. The van der Waals surface area contributed by atoms with Gasteiger partial charge in [-0.15, -0.1) is 22.7 Å². The molecule has 4 atom stereocenters. The first-order valence-electron chi connectivity index (χ1n) is 30.3. The van der Waals surface area contributed by atoms with E-state index in [9.17, 15) is 0 Å². The smallest absolute Gasteiger partial charge is 0.252 e. The van der Waals surface area contributed by atoms with Crippen molar-refractivity contribution in [1.82, 2.24) is 4.57 Å². The summed E-state index contributed by atoms with van der Waals surface area (Å²) >= 11 is 3.92. The van der Waals surface area contributed by atoms with E-state index >= 15 is 0 Å². The van der Waals surface area contributed by atoms with E-state index in [-0.39, 0.29) is 39.5 Å². The Balaban J connectivity index is 1.00. The zero-order chi connectivity index (χ0) is 55.1. The number of benzene rings is 8. The molecule has 6 aliphatic rings. The number of rotatable bonds is 3. The van der Waals surface area contributed by atoms with Crippen LogP contribution in [0.15, 0.2) is 152 Å². The van der Waals surface area contributed by atoms with Gasteiger partial charge in [-0.2, -0.15) is 0 Å². The Morgan fingerprint density at radius 1 is 0.420 bits per heavy atom. The zero-order valence-corrected chi connectivity index (χ0v) is 50.4. The van der Waals surface area contributed by atoms with Crippen molar-refractivity contribution < 1.29 is 0 Å². The van der Waals surface area contributed by atoms with Crippen LogP contribution in [0.3, 0.4) is 0 Å². The number of fused-ring (bicyclic) bond motifs is 18. The van der Waals surface area contributed by atoms with Crippen LogP contribution < -0.4 is 31.1 Å². The summed E-state index contributed by atoms with van der Waals surface area (Å²) in [4.78, 5) is 8.47. The first kappa shape index (κ1) is 48.9. The minimum atomic E-state index is -0.151. The Labute approximate surface area is 486 Å². The summed E-state index contributed by atoms with van der Waals surface area (Å²) < 4.78 is 8.13. The molecule has 2 saturated carbocycles. The molecular formula is C74H71BN4S2. The minimum absolute atomic E-state index is 0.00134. The lowest BCUT2D eigenvalue weighted by Gasteiger charge is -2.51. The van der Waals surface area contributed by atoms with Crippen molar-refractivity contribution >= 4 is 137 Å². The number of nitrogens with zero attached hydrogens (tertiary/aromatic N) is 4. The van der Waals surface area contributed by atoms with Crippen molar-refractivity contribution in [3.05, 3.63) is 174 Å². The van der Waals surface area contributed by atoms with Gasteiger partial charge in [-0.3, -0.25) is 0 Å². The molecule has 3 aromatic heterocycles. The van der Waals surface area contributed by atoms with Gasteiger partial charge in [-0.05, 0) is 144 Å². The molecule has 2 aliphatic carbocycles. The number of hydrogen-bond acceptors (Lipinski definition) is 5. The Morgan fingerprint density at radius 2 is 0.963 bits per heavy atom. The Morgan fingerprint density at radius 3 is 1.63 bits per heavy atom. The summed E-state index contributed by atoms with van der Waals surface area (Å²) in [5, 5.41) is 5.35. The standard InChI is InChI=1S/C74H71BN4S2/c1-69(2,3)44-29-33-56-52(39-44)71(7)35-15-17-37-73(71,9)78(56)46-31-32-54-59(41-46)76(58-26-20-23-49-48-21-11-13-27-62(48)80-67(49)58)60-42-47(79-57-34-30-45(70(4,5)6)40-53(57)72(8)36-16-18-38-74(72,79)10)43-61-64(60)75(54)55-25-19-24-51-65(55)77(61)66-50-22-12-14-28-63(50)81-68(51)66/h11-14,19-34,39-43H,15-18,35-38H2,1-10H3. The molecule has 2 fully saturated rings. The normalized spacial score (nSPS) is 23.6. The van der Waals surface area contributed by atoms with Gasteiger partial charge in [-0.25, -0.2) is 0 Å². The number of anilines is 7. The van der Waals surface area contributed by atoms with Crippen molar-refractivity contribution in [1.29, 1.82) is 0 Å². The van der Waals surface area contributed by atoms with Crippen LogP contribution in [0.2, 0.25) is 0 Å². The van der Waals surface area contributed by atoms with Crippen molar-refractivity contribution in [2.75, 3.05) is 14.7 Å². The molecule has 0 N–H and O–H groups in total. The average molecular weight is 1090 g/mol. The molecule has 0 saturated heterocycles.